The van der Waals surface area contributed by atoms with Gasteiger partial charge in [-0.2, -0.15) is 0 Å². The molecule has 1 rings (SSSR count). The maximum absolute atomic E-state index is 13.4. The summed E-state index contributed by atoms with van der Waals surface area (Å²) in [6.45, 7) is 3.11. The number of nitrogens with two attached hydrogens (primary N) is 1. The van der Waals surface area contributed by atoms with Crippen LogP contribution in [0.1, 0.15) is 18.9 Å². The van der Waals surface area contributed by atoms with Gasteiger partial charge in [0.1, 0.15) is 11.6 Å². The van der Waals surface area contributed by atoms with E-state index >= 15 is 0 Å². The Balaban J connectivity index is 2.65. The molecule has 1 unspecified atom stereocenters. The Hall–Kier alpha value is -1.00. The second-order valence-electron chi connectivity index (χ2n) is 4.08. The van der Waals surface area contributed by atoms with Gasteiger partial charge in [-0.1, -0.05) is 6.07 Å². The molecule has 2 N–H and O–H groups in total. The molecule has 1 aromatic rings. The Kier molecular flexibility index (Phi) is 4.83. The Morgan fingerprint density at radius 3 is 2.62 bits per heavy atom. The highest BCUT2D eigenvalue weighted by Crippen LogP contribution is 2.13. The number of nitrogens with zero attached hydrogens (tertiary/aromatic N) is 1. The van der Waals surface area contributed by atoms with Crippen LogP contribution in [0.2, 0.25) is 0 Å². The van der Waals surface area contributed by atoms with E-state index < -0.39 is 11.6 Å². The molecule has 0 radical (unpaired) electrons. The summed E-state index contributed by atoms with van der Waals surface area (Å²) in [6, 6.07) is 3.96. The number of rotatable bonds is 5. The van der Waals surface area contributed by atoms with E-state index in [1.807, 2.05) is 18.9 Å². The monoisotopic (exact) mass is 228 g/mol. The predicted molar refractivity (Wildman–Crippen MR) is 61.0 cm³/mol. The first-order chi connectivity index (χ1) is 7.54. The molecule has 2 nitrogen and oxygen atoms in total. The second kappa shape index (κ2) is 5.92. The molecule has 0 fully saturated rings. The van der Waals surface area contributed by atoms with Gasteiger partial charge in [0.15, 0.2) is 0 Å². The van der Waals surface area contributed by atoms with Crippen molar-refractivity contribution in [1.82, 2.24) is 4.90 Å². The summed E-state index contributed by atoms with van der Waals surface area (Å²) in [5, 5.41) is 0. The van der Waals surface area contributed by atoms with Crippen molar-refractivity contribution in [2.24, 2.45) is 5.73 Å². The van der Waals surface area contributed by atoms with Gasteiger partial charge < -0.3 is 5.73 Å². The van der Waals surface area contributed by atoms with Crippen molar-refractivity contribution in [1.29, 1.82) is 0 Å². The third-order valence-electron chi connectivity index (χ3n) is 2.77. The number of benzene rings is 1. The van der Waals surface area contributed by atoms with E-state index in [1.54, 1.807) is 0 Å². The fourth-order valence-electron chi connectivity index (χ4n) is 1.54. The Morgan fingerprint density at radius 1 is 1.38 bits per heavy atom. The first-order valence-corrected chi connectivity index (χ1v) is 5.39. The fraction of sp³-hybridized carbons (Fsp3) is 0.500. The van der Waals surface area contributed by atoms with E-state index in [9.17, 15) is 8.78 Å². The molecule has 0 heterocycles. The van der Waals surface area contributed by atoms with Gasteiger partial charge in [-0.15, -0.1) is 0 Å². The third kappa shape index (κ3) is 3.54. The minimum absolute atomic E-state index is 0.287. The van der Waals surface area contributed by atoms with Crippen molar-refractivity contribution in [3.8, 4) is 0 Å². The fourth-order valence-corrected chi connectivity index (χ4v) is 1.54. The minimum atomic E-state index is -0.543. The molecule has 0 aliphatic rings. The molecule has 4 heteroatoms. The molecule has 16 heavy (non-hydrogen) atoms. The lowest BCUT2D eigenvalue weighted by Gasteiger charge is -2.24. The third-order valence-corrected chi connectivity index (χ3v) is 2.77. The molecule has 90 valence electrons. The van der Waals surface area contributed by atoms with Gasteiger partial charge in [-0.3, -0.25) is 4.90 Å². The first-order valence-electron chi connectivity index (χ1n) is 5.39. The zero-order valence-electron chi connectivity index (χ0n) is 9.71. The van der Waals surface area contributed by atoms with Crippen LogP contribution in [0.3, 0.4) is 0 Å². The zero-order valence-corrected chi connectivity index (χ0v) is 9.71. The summed E-state index contributed by atoms with van der Waals surface area (Å²) in [5.74, 6) is -1.04. The summed E-state index contributed by atoms with van der Waals surface area (Å²) in [6.07, 6.45) is 0.860. The largest absolute Gasteiger partial charge is 0.330 e. The number of halogens is 2. The second-order valence-corrected chi connectivity index (χ2v) is 4.08. The zero-order chi connectivity index (χ0) is 12.1. The van der Waals surface area contributed by atoms with Gasteiger partial charge in [0.2, 0.25) is 0 Å². The molecule has 0 bridgehead atoms. The van der Waals surface area contributed by atoms with E-state index in [2.05, 4.69) is 0 Å². The topological polar surface area (TPSA) is 29.3 Å². The maximum Gasteiger partial charge on any atom is 0.130 e. The van der Waals surface area contributed by atoms with Crippen LogP contribution in [0.5, 0.6) is 0 Å². The summed E-state index contributed by atoms with van der Waals surface area (Å²) in [5.41, 5.74) is 5.97. The lowest BCUT2D eigenvalue weighted by molar-refractivity contribution is 0.237. The maximum atomic E-state index is 13.4. The molecular weight excluding hydrogens is 210 g/mol. The number of hydrogen-bond acceptors (Lipinski definition) is 2. The predicted octanol–water partition coefficient (Wildman–Crippen LogP) is 2.13. The smallest absolute Gasteiger partial charge is 0.130 e. The van der Waals surface area contributed by atoms with E-state index in [-0.39, 0.29) is 6.04 Å². The Bertz CT molecular complexity index is 342. The van der Waals surface area contributed by atoms with Crippen LogP contribution >= 0.6 is 0 Å². The summed E-state index contributed by atoms with van der Waals surface area (Å²) in [7, 11) is 1.91. The normalized spacial score (nSPS) is 13.1. The highest BCUT2D eigenvalue weighted by atomic mass is 19.1. The van der Waals surface area contributed by atoms with Crippen LogP contribution in [-0.4, -0.2) is 24.5 Å². The van der Waals surface area contributed by atoms with Gasteiger partial charge in [0.05, 0.1) is 0 Å². The highest BCUT2D eigenvalue weighted by Gasteiger charge is 2.11. The van der Waals surface area contributed by atoms with Crippen LogP contribution in [0.15, 0.2) is 18.2 Å². The van der Waals surface area contributed by atoms with Crippen LogP contribution < -0.4 is 5.73 Å². The molecule has 0 amide bonds. The van der Waals surface area contributed by atoms with Crippen molar-refractivity contribution in [3.05, 3.63) is 35.4 Å². The Morgan fingerprint density at radius 2 is 2.06 bits per heavy atom. The molecule has 0 saturated carbocycles. The Labute approximate surface area is 95.1 Å². The van der Waals surface area contributed by atoms with Crippen molar-refractivity contribution in [2.75, 3.05) is 13.6 Å². The van der Waals surface area contributed by atoms with Gasteiger partial charge in [0, 0.05) is 24.2 Å². The van der Waals surface area contributed by atoms with Crippen LogP contribution in [-0.2, 0) is 6.54 Å². The molecule has 0 aliphatic carbocycles. The summed E-state index contributed by atoms with van der Waals surface area (Å²) in [4.78, 5) is 2.00. The minimum Gasteiger partial charge on any atom is -0.330 e. The molecular formula is C12H18F2N2. The molecule has 0 spiro atoms. The van der Waals surface area contributed by atoms with E-state index in [0.717, 1.165) is 12.5 Å². The van der Waals surface area contributed by atoms with Crippen molar-refractivity contribution < 1.29 is 8.78 Å². The summed E-state index contributed by atoms with van der Waals surface area (Å²) < 4.78 is 26.1. The van der Waals surface area contributed by atoms with E-state index in [0.29, 0.717) is 18.7 Å². The molecule has 1 aromatic carbocycles. The average molecular weight is 228 g/mol. The first kappa shape index (κ1) is 13.1. The standard InChI is InChI=1S/C12H18F2N2/c1-9(5-6-15)16(2)8-10-3-4-11(13)7-12(10)14/h3-4,7,9H,5-6,8,15H2,1-2H3. The number of hydrogen-bond donors (Lipinski definition) is 1. The SMILES string of the molecule is CC(CCN)N(C)Cc1ccc(F)cc1F. The van der Waals surface area contributed by atoms with Gasteiger partial charge in [-0.25, -0.2) is 8.78 Å². The molecule has 1 atom stereocenters. The highest BCUT2D eigenvalue weighted by molar-refractivity contribution is 5.18. The van der Waals surface area contributed by atoms with Crippen molar-refractivity contribution in [3.63, 3.8) is 0 Å². The molecule has 0 saturated heterocycles. The van der Waals surface area contributed by atoms with Crippen LogP contribution in [0.4, 0.5) is 8.78 Å². The van der Waals surface area contributed by atoms with Crippen LogP contribution in [0.25, 0.3) is 0 Å². The van der Waals surface area contributed by atoms with Gasteiger partial charge in [0.25, 0.3) is 0 Å². The summed E-state index contributed by atoms with van der Waals surface area (Å²) >= 11 is 0. The molecule has 0 aromatic heterocycles. The van der Waals surface area contributed by atoms with E-state index in [1.165, 1.54) is 12.1 Å². The van der Waals surface area contributed by atoms with Crippen molar-refractivity contribution in [2.45, 2.75) is 25.9 Å². The van der Waals surface area contributed by atoms with Gasteiger partial charge >= 0.3 is 0 Å². The average Bonchev–Trinajstić information content (AvgIpc) is 2.22. The van der Waals surface area contributed by atoms with E-state index in [4.69, 9.17) is 5.73 Å². The quantitative estimate of drug-likeness (QED) is 0.836. The molecule has 0 aliphatic heterocycles. The van der Waals surface area contributed by atoms with Crippen molar-refractivity contribution >= 4 is 0 Å². The van der Waals surface area contributed by atoms with Gasteiger partial charge in [-0.05, 0) is 33.0 Å². The lowest BCUT2D eigenvalue weighted by atomic mass is 10.1. The van der Waals surface area contributed by atoms with Crippen LogP contribution in [0, 0.1) is 11.6 Å². The lowest BCUT2D eigenvalue weighted by Crippen LogP contribution is -2.30.